The summed E-state index contributed by atoms with van der Waals surface area (Å²) < 4.78 is 4.75. The molecule has 1 saturated heterocycles. The van der Waals surface area contributed by atoms with Gasteiger partial charge in [0.1, 0.15) is 18.3 Å². The summed E-state index contributed by atoms with van der Waals surface area (Å²) in [6, 6.07) is -1.35. The van der Waals surface area contributed by atoms with E-state index in [2.05, 4.69) is 0 Å². The van der Waals surface area contributed by atoms with E-state index >= 15 is 0 Å². The van der Waals surface area contributed by atoms with E-state index in [1.807, 2.05) is 0 Å². The zero-order chi connectivity index (χ0) is 14.8. The molecule has 112 valence electrons. The second-order valence-corrected chi connectivity index (χ2v) is 4.34. The summed E-state index contributed by atoms with van der Waals surface area (Å²) in [6.07, 6.45) is -7.51. The number of aliphatic hydroxyl groups is 5. The van der Waals surface area contributed by atoms with Gasteiger partial charge in [0.05, 0.1) is 18.8 Å². The van der Waals surface area contributed by atoms with Gasteiger partial charge in [-0.3, -0.25) is 0 Å². The molecular weight excluding hydrogens is 266 g/mol. The molecule has 8 N–H and O–H groups in total. The lowest BCUT2D eigenvalue weighted by Crippen LogP contribution is -2.66. The number of nitrogens with one attached hydrogen (secondary N) is 1. The van der Waals surface area contributed by atoms with Crippen molar-refractivity contribution in [2.45, 2.75) is 42.7 Å². The molecule has 6 atom stereocenters. The molecule has 1 aliphatic rings. The molecule has 10 heteroatoms. The van der Waals surface area contributed by atoms with Crippen LogP contribution in [0.1, 0.15) is 6.42 Å². The molecule has 3 unspecified atom stereocenters. The monoisotopic (exact) mass is 283 g/mol. The first-order chi connectivity index (χ1) is 8.76. The van der Waals surface area contributed by atoms with E-state index in [0.29, 0.717) is 0 Å². The molecule has 1 aliphatic heterocycles. The third kappa shape index (κ3) is 3.19. The summed E-state index contributed by atoms with van der Waals surface area (Å²) in [5.74, 6) is -4.56. The van der Waals surface area contributed by atoms with E-state index in [-0.39, 0.29) is 0 Å². The number of rotatable bonds is 5. The lowest BCUT2D eigenvalue weighted by molar-refractivity contribution is -0.301. The molecule has 0 saturated carbocycles. The first kappa shape index (κ1) is 16.2. The SMILES string of the molecule is O=C(O)C1(O)C[C@H](O)[C@@H](NO)[C@H](C(O)C(O)CO)O1. The van der Waals surface area contributed by atoms with Crippen LogP contribution in [0.3, 0.4) is 0 Å². The van der Waals surface area contributed by atoms with Crippen LogP contribution in [0.5, 0.6) is 0 Å². The molecule has 0 aromatic heterocycles. The van der Waals surface area contributed by atoms with Gasteiger partial charge >= 0.3 is 5.97 Å². The maximum Gasteiger partial charge on any atom is 0.364 e. The van der Waals surface area contributed by atoms with Crippen molar-refractivity contribution in [3.8, 4) is 0 Å². The summed E-state index contributed by atoms with van der Waals surface area (Å²) in [6.45, 7) is -0.860. The average Bonchev–Trinajstić information content (AvgIpc) is 2.36. The third-order valence-electron chi connectivity index (χ3n) is 2.99. The number of carboxylic acid groups (broad SMARTS) is 1. The Bertz CT molecular complexity index is 327. The molecule has 0 amide bonds. The number of ether oxygens (including phenoxy) is 1. The van der Waals surface area contributed by atoms with Gasteiger partial charge in [0, 0.05) is 6.42 Å². The number of hydrogen-bond acceptors (Lipinski definition) is 9. The number of carbonyl (C=O) groups is 1. The molecular formula is C9H17NO9. The van der Waals surface area contributed by atoms with Gasteiger partial charge in [0.25, 0.3) is 5.79 Å². The Morgan fingerprint density at radius 2 is 2.05 bits per heavy atom. The Kier molecular flexibility index (Phi) is 5.18. The number of hydroxylamine groups is 1. The van der Waals surface area contributed by atoms with Crippen LogP contribution in [0.2, 0.25) is 0 Å². The maximum atomic E-state index is 10.9. The van der Waals surface area contributed by atoms with Crippen molar-refractivity contribution in [1.82, 2.24) is 5.48 Å². The summed E-state index contributed by atoms with van der Waals surface area (Å²) in [5, 5.41) is 64.7. The molecule has 10 nitrogen and oxygen atoms in total. The fraction of sp³-hybridized carbons (Fsp3) is 0.889. The average molecular weight is 283 g/mol. The summed E-state index contributed by atoms with van der Waals surface area (Å²) >= 11 is 0. The van der Waals surface area contributed by atoms with Crippen molar-refractivity contribution in [3.05, 3.63) is 0 Å². The fourth-order valence-electron chi connectivity index (χ4n) is 1.88. The van der Waals surface area contributed by atoms with Crippen molar-refractivity contribution in [2.24, 2.45) is 0 Å². The van der Waals surface area contributed by atoms with E-state index in [9.17, 15) is 25.2 Å². The zero-order valence-corrected chi connectivity index (χ0v) is 9.75. The minimum atomic E-state index is -2.77. The smallest absolute Gasteiger partial charge is 0.364 e. The Hall–Kier alpha value is -0.850. The van der Waals surface area contributed by atoms with Gasteiger partial charge in [-0.1, -0.05) is 0 Å². The molecule has 0 spiro atoms. The fourth-order valence-corrected chi connectivity index (χ4v) is 1.88. The largest absolute Gasteiger partial charge is 0.477 e. The highest BCUT2D eigenvalue weighted by molar-refractivity contribution is 5.75. The Morgan fingerprint density at radius 3 is 2.47 bits per heavy atom. The molecule has 0 aromatic rings. The Morgan fingerprint density at radius 1 is 1.47 bits per heavy atom. The second kappa shape index (κ2) is 6.07. The van der Waals surface area contributed by atoms with Gasteiger partial charge in [-0.2, -0.15) is 5.48 Å². The number of hydrogen-bond donors (Lipinski definition) is 8. The first-order valence-electron chi connectivity index (χ1n) is 5.45. The highest BCUT2D eigenvalue weighted by Gasteiger charge is 2.53. The van der Waals surface area contributed by atoms with Crippen LogP contribution in [0.4, 0.5) is 0 Å². The van der Waals surface area contributed by atoms with Gasteiger partial charge in [0.15, 0.2) is 0 Å². The molecule has 0 aromatic carbocycles. The molecule has 0 radical (unpaired) electrons. The third-order valence-corrected chi connectivity index (χ3v) is 2.99. The summed E-state index contributed by atoms with van der Waals surface area (Å²) in [4.78, 5) is 10.9. The van der Waals surface area contributed by atoms with Crippen LogP contribution in [0.15, 0.2) is 0 Å². The molecule has 1 rings (SSSR count). The van der Waals surface area contributed by atoms with Gasteiger partial charge in [-0.25, -0.2) is 4.79 Å². The van der Waals surface area contributed by atoms with Crippen LogP contribution in [-0.2, 0) is 9.53 Å². The molecule has 1 heterocycles. The van der Waals surface area contributed by atoms with E-state index < -0.39 is 55.2 Å². The predicted molar refractivity (Wildman–Crippen MR) is 55.9 cm³/mol. The van der Waals surface area contributed by atoms with Crippen molar-refractivity contribution < 1.29 is 45.4 Å². The van der Waals surface area contributed by atoms with Crippen LogP contribution >= 0.6 is 0 Å². The molecule has 1 fully saturated rings. The molecule has 19 heavy (non-hydrogen) atoms. The number of aliphatic hydroxyl groups excluding tert-OH is 4. The predicted octanol–water partition coefficient (Wildman–Crippen LogP) is -4.03. The molecule has 0 bridgehead atoms. The van der Waals surface area contributed by atoms with E-state index in [0.717, 1.165) is 0 Å². The van der Waals surface area contributed by atoms with E-state index in [1.54, 1.807) is 5.48 Å². The van der Waals surface area contributed by atoms with Crippen molar-refractivity contribution >= 4 is 5.97 Å². The van der Waals surface area contributed by atoms with Crippen LogP contribution < -0.4 is 5.48 Å². The van der Waals surface area contributed by atoms with Gasteiger partial charge in [0.2, 0.25) is 0 Å². The zero-order valence-electron chi connectivity index (χ0n) is 9.75. The highest BCUT2D eigenvalue weighted by Crippen LogP contribution is 2.30. The number of carboxylic acids is 1. The Balaban J connectivity index is 2.99. The lowest BCUT2D eigenvalue weighted by Gasteiger charge is -2.43. The van der Waals surface area contributed by atoms with E-state index in [4.69, 9.17) is 20.2 Å². The van der Waals surface area contributed by atoms with Gasteiger partial charge in [-0.15, -0.1) is 0 Å². The topological polar surface area (TPSA) is 180 Å². The van der Waals surface area contributed by atoms with Crippen molar-refractivity contribution in [2.75, 3.05) is 6.61 Å². The summed E-state index contributed by atoms with van der Waals surface area (Å²) in [7, 11) is 0. The minimum absolute atomic E-state index is 0.751. The Labute approximate surface area is 107 Å². The second-order valence-electron chi connectivity index (χ2n) is 4.34. The maximum absolute atomic E-state index is 10.9. The van der Waals surface area contributed by atoms with Crippen LogP contribution in [0.25, 0.3) is 0 Å². The minimum Gasteiger partial charge on any atom is -0.477 e. The van der Waals surface area contributed by atoms with Gasteiger partial charge in [-0.05, 0) is 0 Å². The normalized spacial score (nSPS) is 38.7. The molecule has 0 aliphatic carbocycles. The van der Waals surface area contributed by atoms with E-state index in [1.165, 1.54) is 0 Å². The van der Waals surface area contributed by atoms with Crippen LogP contribution in [-0.4, -0.2) is 84.7 Å². The first-order valence-corrected chi connectivity index (χ1v) is 5.45. The highest BCUT2D eigenvalue weighted by atomic mass is 16.7. The lowest BCUT2D eigenvalue weighted by atomic mass is 9.89. The van der Waals surface area contributed by atoms with Crippen LogP contribution in [0, 0.1) is 0 Å². The number of aliphatic carboxylic acids is 1. The summed E-state index contributed by atoms with van der Waals surface area (Å²) in [5.41, 5.74) is 1.61. The standard InChI is InChI=1S/C9H17NO9/c11-2-4(13)6(14)7-5(10-18)3(12)1-9(17,19-7)8(15)16/h3-7,10-14,17-18H,1-2H2,(H,15,16)/t3-,4?,5+,6?,7+,9?/m0/s1. The quantitative estimate of drug-likeness (QED) is 0.231. The van der Waals surface area contributed by atoms with Gasteiger partial charge < -0.3 is 40.6 Å². The van der Waals surface area contributed by atoms with Crippen molar-refractivity contribution in [1.29, 1.82) is 0 Å². The van der Waals surface area contributed by atoms with Crippen molar-refractivity contribution in [3.63, 3.8) is 0 Å².